The number of hydrogen-bond acceptors (Lipinski definition) is 4. The number of para-hydroxylation sites is 1. The van der Waals surface area contributed by atoms with Gasteiger partial charge in [-0.25, -0.2) is 8.70 Å². The van der Waals surface area contributed by atoms with E-state index in [-0.39, 0.29) is 24.2 Å². The number of rotatable bonds is 10. The molecule has 0 spiro atoms. The lowest BCUT2D eigenvalue weighted by molar-refractivity contribution is -0.139. The van der Waals surface area contributed by atoms with Crippen LogP contribution in [0.3, 0.4) is 0 Å². The van der Waals surface area contributed by atoms with Crippen molar-refractivity contribution in [1.29, 1.82) is 0 Å². The third-order valence-corrected chi connectivity index (χ3v) is 6.74. The maximum atomic E-state index is 14.5. The molecule has 2 rings (SSSR count). The van der Waals surface area contributed by atoms with Gasteiger partial charge >= 0.3 is 10.2 Å². The number of hydrogen-bond donors (Lipinski definition) is 1. The van der Waals surface area contributed by atoms with E-state index in [0.717, 1.165) is 20.2 Å². The molecule has 2 aromatic rings. The van der Waals surface area contributed by atoms with E-state index >= 15 is 0 Å². The zero-order valence-corrected chi connectivity index (χ0v) is 20.3. The minimum Gasteiger partial charge on any atom is -0.352 e. The Kier molecular flexibility index (Phi) is 8.95. The monoisotopic (exact) mass is 478 g/mol. The van der Waals surface area contributed by atoms with Crippen molar-refractivity contribution in [2.24, 2.45) is 0 Å². The number of nitrogens with zero attached hydrogens (tertiary/aromatic N) is 3. The van der Waals surface area contributed by atoms with Crippen LogP contribution in [0.4, 0.5) is 10.1 Å². The molecular formula is C23H31FN4O4S. The van der Waals surface area contributed by atoms with E-state index in [9.17, 15) is 22.4 Å². The summed E-state index contributed by atoms with van der Waals surface area (Å²) in [5.41, 5.74) is 0.515. The molecule has 2 amide bonds. The molecule has 180 valence electrons. The molecule has 0 aromatic heterocycles. The number of anilines is 1. The molecule has 2 aromatic carbocycles. The molecule has 0 unspecified atom stereocenters. The fourth-order valence-electron chi connectivity index (χ4n) is 3.12. The fraction of sp³-hybridized carbons (Fsp3) is 0.391. The molecule has 10 heteroatoms. The molecule has 1 N–H and O–H groups in total. The van der Waals surface area contributed by atoms with Crippen molar-refractivity contribution in [2.45, 2.75) is 39.4 Å². The number of carbonyl (C=O) groups excluding carboxylic acids is 2. The molecule has 8 nitrogen and oxygen atoms in total. The first kappa shape index (κ1) is 26.3. The first-order chi connectivity index (χ1) is 15.4. The number of halogens is 1. The van der Waals surface area contributed by atoms with Gasteiger partial charge in [-0.15, -0.1) is 0 Å². The lowest BCUT2D eigenvalue weighted by Crippen LogP contribution is -2.53. The summed E-state index contributed by atoms with van der Waals surface area (Å²) in [4.78, 5) is 27.4. The topological polar surface area (TPSA) is 90.0 Å². The molecule has 0 aliphatic heterocycles. The maximum Gasteiger partial charge on any atom is 0.304 e. The van der Waals surface area contributed by atoms with Crippen LogP contribution < -0.4 is 9.62 Å². The van der Waals surface area contributed by atoms with Gasteiger partial charge < -0.3 is 10.2 Å². The zero-order valence-electron chi connectivity index (χ0n) is 19.5. The highest BCUT2D eigenvalue weighted by atomic mass is 32.2. The van der Waals surface area contributed by atoms with Crippen LogP contribution in [-0.2, 0) is 26.3 Å². The van der Waals surface area contributed by atoms with Crippen LogP contribution in [0.15, 0.2) is 54.6 Å². The molecule has 0 saturated carbocycles. The van der Waals surface area contributed by atoms with Crippen molar-refractivity contribution in [3.8, 4) is 0 Å². The van der Waals surface area contributed by atoms with Crippen molar-refractivity contribution < 1.29 is 22.4 Å². The third kappa shape index (κ3) is 6.75. The molecule has 1 atom stereocenters. The van der Waals surface area contributed by atoms with E-state index in [2.05, 4.69) is 5.32 Å². The average molecular weight is 479 g/mol. The van der Waals surface area contributed by atoms with Gasteiger partial charge in [0.05, 0.1) is 5.69 Å². The Morgan fingerprint density at radius 2 is 1.55 bits per heavy atom. The lowest BCUT2D eigenvalue weighted by Gasteiger charge is -2.33. The number of benzene rings is 2. The molecule has 0 heterocycles. The van der Waals surface area contributed by atoms with Crippen LogP contribution in [0.1, 0.15) is 26.3 Å². The molecule has 0 fully saturated rings. The van der Waals surface area contributed by atoms with E-state index in [1.54, 1.807) is 45.0 Å². The molecule has 0 saturated heterocycles. The van der Waals surface area contributed by atoms with Gasteiger partial charge in [-0.3, -0.25) is 9.59 Å². The molecular weight excluding hydrogens is 447 g/mol. The Bertz CT molecular complexity index is 1060. The van der Waals surface area contributed by atoms with Gasteiger partial charge in [0.15, 0.2) is 0 Å². The quantitative estimate of drug-likeness (QED) is 0.568. The SMILES string of the molecule is CC(C)NC(=O)[C@H](C)N(Cc1ccccc1)C(=O)CN(c1ccccc1F)S(=O)(=O)N(C)C. The van der Waals surface area contributed by atoms with Gasteiger partial charge in [-0.05, 0) is 38.5 Å². The van der Waals surface area contributed by atoms with Crippen molar-refractivity contribution in [3.05, 3.63) is 66.0 Å². The number of carbonyl (C=O) groups is 2. The highest BCUT2D eigenvalue weighted by Crippen LogP contribution is 2.23. The van der Waals surface area contributed by atoms with Crippen LogP contribution in [0, 0.1) is 5.82 Å². The molecule has 33 heavy (non-hydrogen) atoms. The van der Waals surface area contributed by atoms with Crippen molar-refractivity contribution in [3.63, 3.8) is 0 Å². The summed E-state index contributed by atoms with van der Waals surface area (Å²) < 4.78 is 42.1. The van der Waals surface area contributed by atoms with Gasteiger partial charge in [0.2, 0.25) is 11.8 Å². The summed E-state index contributed by atoms with van der Waals surface area (Å²) >= 11 is 0. The van der Waals surface area contributed by atoms with Crippen LogP contribution in [-0.4, -0.2) is 62.2 Å². The second kappa shape index (κ2) is 11.2. The van der Waals surface area contributed by atoms with E-state index in [1.807, 2.05) is 6.07 Å². The van der Waals surface area contributed by atoms with E-state index in [4.69, 9.17) is 0 Å². The van der Waals surface area contributed by atoms with Gasteiger partial charge in [0.25, 0.3) is 0 Å². The summed E-state index contributed by atoms with van der Waals surface area (Å²) in [6.07, 6.45) is 0. The fourth-order valence-corrected chi connectivity index (χ4v) is 4.19. The summed E-state index contributed by atoms with van der Waals surface area (Å²) in [6, 6.07) is 13.4. The third-order valence-electron chi connectivity index (χ3n) is 4.93. The average Bonchev–Trinajstić information content (AvgIpc) is 2.75. The Morgan fingerprint density at radius 3 is 2.09 bits per heavy atom. The van der Waals surface area contributed by atoms with Gasteiger partial charge in [0.1, 0.15) is 18.4 Å². The molecule has 0 aliphatic carbocycles. The predicted octanol–water partition coefficient (Wildman–Crippen LogP) is 2.38. The number of amides is 2. The zero-order chi connectivity index (χ0) is 24.8. The second-order valence-corrected chi connectivity index (χ2v) is 10.2. The summed E-state index contributed by atoms with van der Waals surface area (Å²) in [5, 5.41) is 2.77. The highest BCUT2D eigenvalue weighted by molar-refractivity contribution is 7.90. The van der Waals surface area contributed by atoms with E-state index in [1.165, 1.54) is 37.2 Å². The first-order valence-electron chi connectivity index (χ1n) is 10.5. The maximum absolute atomic E-state index is 14.5. The Morgan fingerprint density at radius 1 is 0.970 bits per heavy atom. The highest BCUT2D eigenvalue weighted by Gasteiger charge is 2.33. The van der Waals surface area contributed by atoms with Crippen LogP contribution in [0.25, 0.3) is 0 Å². The van der Waals surface area contributed by atoms with Crippen molar-refractivity contribution in [1.82, 2.24) is 14.5 Å². The summed E-state index contributed by atoms with van der Waals surface area (Å²) in [7, 11) is -1.60. The van der Waals surface area contributed by atoms with Gasteiger partial charge in [-0.2, -0.15) is 12.7 Å². The van der Waals surface area contributed by atoms with E-state index in [0.29, 0.717) is 0 Å². The first-order valence-corrected chi connectivity index (χ1v) is 11.9. The second-order valence-electron chi connectivity index (χ2n) is 8.09. The predicted molar refractivity (Wildman–Crippen MR) is 126 cm³/mol. The smallest absolute Gasteiger partial charge is 0.304 e. The Balaban J connectivity index is 2.45. The molecule has 0 bridgehead atoms. The summed E-state index contributed by atoms with van der Waals surface area (Å²) in [6.45, 7) is 4.59. The van der Waals surface area contributed by atoms with Crippen LogP contribution in [0.2, 0.25) is 0 Å². The van der Waals surface area contributed by atoms with E-state index < -0.39 is 34.5 Å². The van der Waals surface area contributed by atoms with Crippen molar-refractivity contribution in [2.75, 3.05) is 24.9 Å². The minimum absolute atomic E-state index is 0.0828. The Hall–Kier alpha value is -2.98. The van der Waals surface area contributed by atoms with Crippen molar-refractivity contribution >= 4 is 27.7 Å². The standard InChI is InChI=1S/C23H31FN4O4S/c1-17(2)25-23(30)18(3)27(15-19-11-7-6-8-12-19)22(29)16-28(33(31,32)26(4)5)21-14-10-9-13-20(21)24/h6-14,17-18H,15-16H2,1-5H3,(H,25,30)/t18-/m0/s1. The molecule has 0 radical (unpaired) electrons. The minimum atomic E-state index is -4.20. The lowest BCUT2D eigenvalue weighted by atomic mass is 10.1. The largest absolute Gasteiger partial charge is 0.352 e. The number of nitrogens with one attached hydrogen (secondary N) is 1. The molecule has 0 aliphatic rings. The van der Waals surface area contributed by atoms with Crippen LogP contribution >= 0.6 is 0 Å². The van der Waals surface area contributed by atoms with Gasteiger partial charge in [0, 0.05) is 26.7 Å². The Labute approximate surface area is 195 Å². The summed E-state index contributed by atoms with van der Waals surface area (Å²) in [5.74, 6) is -1.79. The normalized spacial score (nSPS) is 12.5. The van der Waals surface area contributed by atoms with Gasteiger partial charge in [-0.1, -0.05) is 42.5 Å². The van der Waals surface area contributed by atoms with Crippen LogP contribution in [0.5, 0.6) is 0 Å².